The van der Waals surface area contributed by atoms with Crippen LogP contribution in [-0.4, -0.2) is 34.1 Å². The van der Waals surface area contributed by atoms with Crippen LogP contribution in [-0.2, 0) is 20.7 Å². The van der Waals surface area contributed by atoms with Crippen molar-refractivity contribution < 1.29 is 22.7 Å². The van der Waals surface area contributed by atoms with Crippen LogP contribution < -0.4 is 35.7 Å². The molecule has 11 heteroatoms. The Morgan fingerprint density at radius 1 is 1.13 bits per heavy atom. The first kappa shape index (κ1) is 22.8. The molecule has 168 valence electrons. The Labute approximate surface area is 181 Å². The number of ether oxygens (including phenoxy) is 2. The Kier molecular flexibility index (Phi) is 6.70. The average molecular weight is 450 g/mol. The molecular formula is C20H27N5O5S. The molecule has 1 amide bonds. The molecule has 0 aliphatic carbocycles. The molecule has 1 saturated heterocycles. The summed E-state index contributed by atoms with van der Waals surface area (Å²) >= 11 is 0. The monoisotopic (exact) mass is 449 g/mol. The van der Waals surface area contributed by atoms with Crippen LogP contribution in [0.15, 0.2) is 42.5 Å². The van der Waals surface area contributed by atoms with Gasteiger partial charge in [-0.25, -0.2) is 9.86 Å². The van der Waals surface area contributed by atoms with E-state index in [0.29, 0.717) is 42.5 Å². The van der Waals surface area contributed by atoms with E-state index in [-0.39, 0.29) is 0 Å². The highest BCUT2D eigenvalue weighted by atomic mass is 32.2. The van der Waals surface area contributed by atoms with Crippen molar-refractivity contribution in [1.82, 2.24) is 10.0 Å². The summed E-state index contributed by atoms with van der Waals surface area (Å²) in [6, 6.07) is 11.1. The summed E-state index contributed by atoms with van der Waals surface area (Å²) in [4.78, 5) is 12.7. The van der Waals surface area contributed by atoms with Crippen molar-refractivity contribution in [3.8, 4) is 11.5 Å². The van der Waals surface area contributed by atoms with Gasteiger partial charge in [-0.3, -0.25) is 10.1 Å². The SMILES string of the molecule is CCOc1ccc(C(Nc2ccc(C3(N)CN3)cc2)C(=O)NS(N)(=O)=O)cc1OCC. The highest BCUT2D eigenvalue weighted by molar-refractivity contribution is 7.87. The van der Waals surface area contributed by atoms with Gasteiger partial charge in [0, 0.05) is 12.2 Å². The minimum atomic E-state index is -4.24. The third-order valence-electron chi connectivity index (χ3n) is 4.67. The van der Waals surface area contributed by atoms with E-state index in [9.17, 15) is 13.2 Å². The lowest BCUT2D eigenvalue weighted by Gasteiger charge is -2.21. The average Bonchev–Trinajstić information content (AvgIpc) is 3.45. The van der Waals surface area contributed by atoms with E-state index in [1.807, 2.05) is 30.7 Å². The molecule has 0 saturated carbocycles. The fourth-order valence-corrected chi connectivity index (χ4v) is 3.47. The Morgan fingerprint density at radius 2 is 1.74 bits per heavy atom. The first-order valence-corrected chi connectivity index (χ1v) is 11.3. The number of benzene rings is 2. The highest BCUT2D eigenvalue weighted by Gasteiger charge is 2.39. The zero-order chi connectivity index (χ0) is 22.6. The summed E-state index contributed by atoms with van der Waals surface area (Å²) in [5, 5.41) is 11.1. The second-order valence-corrected chi connectivity index (χ2v) is 8.36. The summed E-state index contributed by atoms with van der Waals surface area (Å²) in [7, 11) is -4.24. The first-order chi connectivity index (χ1) is 14.6. The maximum atomic E-state index is 12.7. The van der Waals surface area contributed by atoms with Crippen LogP contribution in [0.2, 0.25) is 0 Å². The number of nitrogens with one attached hydrogen (secondary N) is 3. The van der Waals surface area contributed by atoms with E-state index < -0.39 is 27.8 Å². The van der Waals surface area contributed by atoms with Crippen molar-refractivity contribution >= 4 is 21.8 Å². The maximum absolute atomic E-state index is 12.7. The minimum Gasteiger partial charge on any atom is -0.490 e. The molecule has 1 aliphatic rings. The Balaban J connectivity index is 1.92. The summed E-state index contributed by atoms with van der Waals surface area (Å²) in [5.41, 5.74) is 7.55. The van der Waals surface area contributed by atoms with Gasteiger partial charge in [-0.15, -0.1) is 0 Å². The lowest BCUT2D eigenvalue weighted by Crippen LogP contribution is -2.41. The fourth-order valence-electron chi connectivity index (χ4n) is 3.08. The van der Waals surface area contributed by atoms with Crippen LogP contribution in [0.4, 0.5) is 5.69 Å². The van der Waals surface area contributed by atoms with Crippen LogP contribution >= 0.6 is 0 Å². The van der Waals surface area contributed by atoms with Gasteiger partial charge in [-0.05, 0) is 49.2 Å². The first-order valence-electron chi connectivity index (χ1n) is 9.80. The van der Waals surface area contributed by atoms with Crippen molar-refractivity contribution in [2.24, 2.45) is 10.9 Å². The molecule has 10 nitrogen and oxygen atoms in total. The number of hydrogen-bond donors (Lipinski definition) is 5. The summed E-state index contributed by atoms with van der Waals surface area (Å²) in [6.07, 6.45) is 0. The van der Waals surface area contributed by atoms with E-state index in [1.54, 1.807) is 30.3 Å². The number of hydrogen-bond acceptors (Lipinski definition) is 8. The summed E-state index contributed by atoms with van der Waals surface area (Å²) in [6.45, 7) is 5.19. The van der Waals surface area contributed by atoms with E-state index in [0.717, 1.165) is 5.56 Å². The zero-order valence-corrected chi connectivity index (χ0v) is 18.2. The molecule has 1 fully saturated rings. The van der Waals surface area contributed by atoms with Crippen molar-refractivity contribution in [1.29, 1.82) is 0 Å². The predicted molar refractivity (Wildman–Crippen MR) is 117 cm³/mol. The Bertz CT molecular complexity index is 1040. The van der Waals surface area contributed by atoms with Crippen molar-refractivity contribution in [3.05, 3.63) is 53.6 Å². The predicted octanol–water partition coefficient (Wildman–Crippen LogP) is 0.672. The molecule has 0 bridgehead atoms. The molecule has 0 radical (unpaired) electrons. The summed E-state index contributed by atoms with van der Waals surface area (Å²) in [5.74, 6) is 0.128. The van der Waals surface area contributed by atoms with Crippen LogP contribution in [0.25, 0.3) is 0 Å². The van der Waals surface area contributed by atoms with Gasteiger partial charge in [0.15, 0.2) is 11.5 Å². The number of rotatable bonds is 10. The van der Waals surface area contributed by atoms with E-state index >= 15 is 0 Å². The normalized spacial score (nSPS) is 18.7. The Morgan fingerprint density at radius 3 is 2.29 bits per heavy atom. The number of anilines is 1. The molecule has 2 aromatic carbocycles. The second-order valence-electron chi connectivity index (χ2n) is 7.06. The van der Waals surface area contributed by atoms with Crippen LogP contribution in [0, 0.1) is 0 Å². The van der Waals surface area contributed by atoms with E-state index in [2.05, 4.69) is 10.6 Å². The van der Waals surface area contributed by atoms with Gasteiger partial charge in [0.25, 0.3) is 16.1 Å². The largest absolute Gasteiger partial charge is 0.490 e. The molecule has 7 N–H and O–H groups in total. The minimum absolute atomic E-state index is 0.390. The fraction of sp³-hybridized carbons (Fsp3) is 0.350. The molecule has 1 heterocycles. The van der Waals surface area contributed by atoms with Gasteiger partial charge in [0.05, 0.1) is 13.2 Å². The highest BCUT2D eigenvalue weighted by Crippen LogP contribution is 2.33. The molecular weight excluding hydrogens is 422 g/mol. The molecule has 31 heavy (non-hydrogen) atoms. The van der Waals surface area contributed by atoms with Crippen molar-refractivity contribution in [3.63, 3.8) is 0 Å². The van der Waals surface area contributed by atoms with Gasteiger partial charge in [0.2, 0.25) is 0 Å². The van der Waals surface area contributed by atoms with Gasteiger partial charge >= 0.3 is 0 Å². The van der Waals surface area contributed by atoms with Gasteiger partial charge < -0.3 is 20.5 Å². The molecule has 1 aliphatic heterocycles. The molecule has 2 aromatic rings. The molecule has 0 spiro atoms. The van der Waals surface area contributed by atoms with E-state index in [1.165, 1.54) is 0 Å². The lowest BCUT2D eigenvalue weighted by atomic mass is 10.0. The summed E-state index contributed by atoms with van der Waals surface area (Å²) < 4.78 is 35.9. The molecule has 0 aromatic heterocycles. The zero-order valence-electron chi connectivity index (χ0n) is 17.3. The van der Waals surface area contributed by atoms with Gasteiger partial charge in [0.1, 0.15) is 11.7 Å². The third kappa shape index (κ3) is 5.85. The number of amides is 1. The molecule has 2 unspecified atom stereocenters. The van der Waals surface area contributed by atoms with Crippen molar-refractivity contribution in [2.75, 3.05) is 25.1 Å². The topological polar surface area (TPSA) is 168 Å². The number of carbonyl (C=O) groups is 1. The lowest BCUT2D eigenvalue weighted by molar-refractivity contribution is -0.120. The van der Waals surface area contributed by atoms with Crippen molar-refractivity contribution in [2.45, 2.75) is 25.6 Å². The second kappa shape index (κ2) is 9.10. The molecule has 2 atom stereocenters. The third-order valence-corrected chi connectivity index (χ3v) is 5.16. The Hall–Kier alpha value is -2.86. The maximum Gasteiger partial charge on any atom is 0.298 e. The standard InChI is InChI=1S/C20H27N5O5S/c1-3-29-16-10-5-13(11-17(16)30-4-2)18(19(26)25-31(22,27)28)24-15-8-6-14(7-9-15)20(21)12-23-20/h5-11,18,23-24H,3-4,12,21H2,1-2H3,(H,25,26)(H2,22,27,28). The van der Waals surface area contributed by atoms with Crippen LogP contribution in [0.3, 0.4) is 0 Å². The number of carbonyl (C=O) groups excluding carboxylic acids is 1. The van der Waals surface area contributed by atoms with Crippen LogP contribution in [0.5, 0.6) is 11.5 Å². The molecule has 3 rings (SSSR count). The number of nitrogens with two attached hydrogens (primary N) is 2. The quantitative estimate of drug-likeness (QED) is 0.330. The van der Waals surface area contributed by atoms with Gasteiger partial charge in [-0.2, -0.15) is 8.42 Å². The smallest absolute Gasteiger partial charge is 0.298 e. The van der Waals surface area contributed by atoms with E-state index in [4.69, 9.17) is 20.3 Å². The van der Waals surface area contributed by atoms with Crippen LogP contribution in [0.1, 0.15) is 31.0 Å². The van der Waals surface area contributed by atoms with Gasteiger partial charge in [-0.1, -0.05) is 18.2 Å².